The molecule has 5 atom stereocenters. The first-order chi connectivity index (χ1) is 20.1. The van der Waals surface area contributed by atoms with E-state index in [0.29, 0.717) is 36.7 Å². The van der Waals surface area contributed by atoms with E-state index in [1.807, 2.05) is 20.8 Å². The van der Waals surface area contributed by atoms with E-state index in [9.17, 15) is 10.4 Å². The van der Waals surface area contributed by atoms with Gasteiger partial charge >= 0.3 is 0 Å². The molecule has 40 heavy (non-hydrogen) atoms. The lowest BCUT2D eigenvalue weighted by Gasteiger charge is -2.59. The fourth-order valence-corrected chi connectivity index (χ4v) is 7.19. The maximum absolute atomic E-state index is 11.4. The number of aliphatic hydroxyl groups is 1. The number of phenolic OH excluding ortho intramolecular Hbond substituents is 1. The lowest BCUT2D eigenvalue weighted by molar-refractivity contribution is -0.0825. The zero-order valence-electron chi connectivity index (χ0n) is 25.7. The Labute approximate surface area is 245 Å². The van der Waals surface area contributed by atoms with Gasteiger partial charge in [-0.15, -0.1) is 0 Å². The van der Waals surface area contributed by atoms with E-state index < -0.39 is 12.1 Å². The first-order valence-electron chi connectivity index (χ1n) is 14.6. The normalized spacial score (nSPS) is 26.6. The van der Waals surface area contributed by atoms with E-state index in [1.54, 1.807) is 12.9 Å². The van der Waals surface area contributed by atoms with Crippen LogP contribution in [0.5, 0.6) is 23.0 Å². The molecule has 212 valence electrons. The Hall–Kier alpha value is -2.84. The van der Waals surface area contributed by atoms with Crippen molar-refractivity contribution in [2.45, 2.75) is 70.6 Å². The number of benzene rings is 2. The average Bonchev–Trinajstić information content (AvgIpc) is 3.43. The fourth-order valence-electron chi connectivity index (χ4n) is 7.19. The molecule has 2 bridgehead atoms. The van der Waals surface area contributed by atoms with Crippen molar-refractivity contribution in [3.05, 3.63) is 57.7 Å². The van der Waals surface area contributed by atoms with E-state index in [-0.39, 0.29) is 38.0 Å². The van der Waals surface area contributed by atoms with Gasteiger partial charge in [0, 0.05) is 34.3 Å². The number of nitriles is 1. The van der Waals surface area contributed by atoms with Crippen LogP contribution in [0.25, 0.3) is 0 Å². The second kappa shape index (κ2) is 11.2. The number of ether oxygens (including phenoxy) is 3. The van der Waals surface area contributed by atoms with Crippen molar-refractivity contribution in [3.8, 4) is 29.1 Å². The number of piperazine rings is 1. The number of aryl methyl sites for hydroxylation is 1. The van der Waals surface area contributed by atoms with Crippen LogP contribution in [0.2, 0.25) is 6.82 Å². The van der Waals surface area contributed by atoms with Gasteiger partial charge in [0.1, 0.15) is 24.1 Å². The standard InChI is InChI=1S/C29H33N3O5.CH5BS/c1-6-7-35-27-16(4)28-29(37-13-36-28)24-18(27)10-20-25-23-17(8-14(2)15(3)26(23)34)9-19(31(25)5)21(11-30)32(20)22(24)12-33;1-2-3/h6,8,19-22,25,33-34H,1,7,9-10,12-13H2,2-5H3;2-3H,1H3/t19-,20?,21-,22-,25-;/m0./s1/i33T;2D. The molecule has 0 aliphatic carbocycles. The van der Waals surface area contributed by atoms with Crippen LogP contribution >= 0.6 is 12.5 Å². The Kier molecular flexibility index (Phi) is 7.31. The molecular formula is C30H38BN3O5S. The number of fused-ring (bicyclic) bond motifs is 9. The van der Waals surface area contributed by atoms with Crippen LogP contribution < -0.4 is 14.2 Å². The Morgan fingerprint density at radius 1 is 1.30 bits per heavy atom. The maximum atomic E-state index is 11.4. The Bertz CT molecular complexity index is 1430. The first kappa shape index (κ1) is 26.1. The molecule has 1 saturated heterocycles. The van der Waals surface area contributed by atoms with Crippen LogP contribution in [0.15, 0.2) is 18.7 Å². The molecule has 0 radical (unpaired) electrons. The molecule has 4 aliphatic heterocycles. The smallest absolute Gasteiger partial charge is 0.231 e. The zero-order chi connectivity index (χ0) is 30.5. The molecule has 4 heterocycles. The van der Waals surface area contributed by atoms with Gasteiger partial charge in [0.25, 0.3) is 0 Å². The van der Waals surface area contributed by atoms with Gasteiger partial charge in [0.2, 0.25) is 8.22 Å². The molecule has 8 nitrogen and oxygen atoms in total. The third-order valence-corrected chi connectivity index (χ3v) is 8.94. The number of hydrogen-bond donors (Lipinski definition) is 3. The minimum absolute atomic E-state index is 0.0519. The lowest BCUT2D eigenvalue weighted by Crippen LogP contribution is -2.68. The van der Waals surface area contributed by atoms with Crippen LogP contribution in [0.1, 0.15) is 51.0 Å². The minimum Gasteiger partial charge on any atom is -0.507 e. The summed E-state index contributed by atoms with van der Waals surface area (Å²) in [7, 11) is 2.06. The summed E-state index contributed by atoms with van der Waals surface area (Å²) in [5, 5.41) is 27.0. The molecule has 0 aromatic heterocycles. The topological polar surface area (TPSA) is 98.4 Å². The lowest BCUT2D eigenvalue weighted by atomic mass is 9.71. The molecule has 0 saturated carbocycles. The van der Waals surface area contributed by atoms with Gasteiger partial charge in [-0.2, -0.15) is 5.26 Å². The number of likely N-dealkylation sites (N-methyl/N-ethyl adjacent to an activating group) is 1. The van der Waals surface area contributed by atoms with Gasteiger partial charge in [0.05, 0.1) is 24.8 Å². The second-order valence-corrected chi connectivity index (χ2v) is 11.4. The zero-order valence-corrected chi connectivity index (χ0v) is 24.6. The summed E-state index contributed by atoms with van der Waals surface area (Å²) in [5.74, 6) is 2.32. The largest absolute Gasteiger partial charge is 0.507 e. The van der Waals surface area contributed by atoms with Gasteiger partial charge in [-0.3, -0.25) is 9.80 Å². The molecule has 2 aromatic carbocycles. The molecule has 2 aromatic rings. The van der Waals surface area contributed by atoms with E-state index in [4.69, 9.17) is 22.1 Å². The molecule has 2 N–H and O–H groups in total. The van der Waals surface area contributed by atoms with Crippen LogP contribution in [-0.4, -0.2) is 74.5 Å². The fraction of sp³-hybridized carbons (Fsp3) is 0.500. The number of aliphatic hydroxyl groups excluding tert-OH is 1. The van der Waals surface area contributed by atoms with Crippen molar-refractivity contribution in [1.82, 2.24) is 9.80 Å². The van der Waals surface area contributed by atoms with Crippen LogP contribution in [-0.2, 0) is 12.8 Å². The average molecular weight is 567 g/mol. The summed E-state index contributed by atoms with van der Waals surface area (Å²) >= 11 is 3.63. The Balaban J connectivity index is 0.000000830. The highest BCUT2D eigenvalue weighted by atomic mass is 32.1. The SMILES string of the molecule is [2H]B(C)S.[3H]OC[C@H]1c2c(c(OCC=C)c(C)c3c2OCO3)CC2[C@H]3c4c(cc(C)c(C)c4O)C[C@@H]([C@H](C#N)N21)N3C. The van der Waals surface area contributed by atoms with Crippen LogP contribution in [0.3, 0.4) is 0 Å². The van der Waals surface area contributed by atoms with E-state index in [2.05, 4.69) is 48.0 Å². The molecule has 6 rings (SSSR count). The third kappa shape index (κ3) is 4.17. The number of rotatable bonds is 5. The number of aromatic hydroxyl groups is 1. The van der Waals surface area contributed by atoms with Crippen molar-refractivity contribution in [3.63, 3.8) is 0 Å². The van der Waals surface area contributed by atoms with Crippen LogP contribution in [0, 0.1) is 32.1 Å². The third-order valence-electron chi connectivity index (χ3n) is 8.94. The second-order valence-electron chi connectivity index (χ2n) is 10.9. The minimum atomic E-state index is -0.455. The number of hydrogen-bond acceptors (Lipinski definition) is 9. The molecule has 1 unspecified atom stereocenters. The molecular weight excluding hydrogens is 525 g/mol. The number of phenols is 1. The molecule has 1 fully saturated rings. The summed E-state index contributed by atoms with van der Waals surface area (Å²) in [6.07, 6.45) is 2.93. The van der Waals surface area contributed by atoms with Gasteiger partial charge in [-0.05, 0) is 58.7 Å². The molecule has 0 spiro atoms. The summed E-state index contributed by atoms with van der Waals surface area (Å²) in [6.45, 7) is 11.7. The summed E-state index contributed by atoms with van der Waals surface area (Å²) in [5.41, 5.74) is 6.64. The van der Waals surface area contributed by atoms with Gasteiger partial charge in [-0.1, -0.05) is 25.5 Å². The first-order valence-corrected chi connectivity index (χ1v) is 14.2. The monoisotopic (exact) mass is 566 g/mol. The predicted molar refractivity (Wildman–Crippen MR) is 159 cm³/mol. The summed E-state index contributed by atoms with van der Waals surface area (Å²) < 4.78 is 32.3. The summed E-state index contributed by atoms with van der Waals surface area (Å²) in [4.78, 5) is 4.47. The highest BCUT2D eigenvalue weighted by Gasteiger charge is 2.56. The van der Waals surface area contributed by atoms with E-state index in [0.717, 1.165) is 44.7 Å². The number of nitrogens with zero attached hydrogens (tertiary/aromatic N) is 3. The van der Waals surface area contributed by atoms with Crippen molar-refractivity contribution < 1.29 is 24.4 Å². The molecule has 10 heteroatoms. The van der Waals surface area contributed by atoms with Gasteiger partial charge in [-0.25, -0.2) is 12.5 Å². The van der Waals surface area contributed by atoms with E-state index >= 15 is 0 Å². The quantitative estimate of drug-likeness (QED) is 0.287. The van der Waals surface area contributed by atoms with Crippen molar-refractivity contribution in [1.29, 1.82) is 8.03 Å². The highest BCUT2D eigenvalue weighted by Crippen LogP contribution is 2.57. The highest BCUT2D eigenvalue weighted by molar-refractivity contribution is 8.06. The van der Waals surface area contributed by atoms with Gasteiger partial charge < -0.3 is 24.4 Å². The summed E-state index contributed by atoms with van der Waals surface area (Å²) in [6, 6.07) is 3.46. The molecule has 4 aliphatic rings. The van der Waals surface area contributed by atoms with Gasteiger partial charge in [0.15, 0.2) is 18.0 Å². The van der Waals surface area contributed by atoms with Crippen molar-refractivity contribution in [2.75, 3.05) is 27.1 Å². The van der Waals surface area contributed by atoms with E-state index in [1.165, 1.54) is 0 Å². The Morgan fingerprint density at radius 2 is 2.02 bits per heavy atom. The Morgan fingerprint density at radius 3 is 2.70 bits per heavy atom. The maximum Gasteiger partial charge on any atom is 0.231 e. The van der Waals surface area contributed by atoms with Crippen LogP contribution in [0.4, 0.5) is 0 Å². The molecule has 0 amide bonds. The predicted octanol–water partition coefficient (Wildman–Crippen LogP) is 3.69. The van der Waals surface area contributed by atoms with Crippen molar-refractivity contribution in [2.24, 2.45) is 0 Å². The number of thiol groups is 1. The van der Waals surface area contributed by atoms with Crippen molar-refractivity contribution >= 4 is 19.0 Å².